The van der Waals surface area contributed by atoms with Gasteiger partial charge in [0, 0.05) is 31.1 Å². The van der Waals surface area contributed by atoms with Gasteiger partial charge in [-0.2, -0.15) is 0 Å². The zero-order chi connectivity index (χ0) is 20.1. The Labute approximate surface area is 186 Å². The number of hydrogen-bond acceptors (Lipinski definition) is 5. The van der Waals surface area contributed by atoms with Crippen LogP contribution >= 0.6 is 24.0 Å². The van der Waals surface area contributed by atoms with Gasteiger partial charge in [0.1, 0.15) is 12.3 Å². The largest absolute Gasteiger partial charge is 0.443 e. The Morgan fingerprint density at radius 2 is 1.96 bits per heavy atom. The molecule has 162 valence electrons. The van der Waals surface area contributed by atoms with Crippen molar-refractivity contribution in [3.63, 3.8) is 0 Å². The zero-order valence-electron chi connectivity index (χ0n) is 17.5. The third-order valence-electron chi connectivity index (χ3n) is 4.56. The lowest BCUT2D eigenvalue weighted by Crippen LogP contribution is -2.50. The molecular formula is C18H34IN5O3S. The van der Waals surface area contributed by atoms with Crippen LogP contribution < -0.4 is 10.6 Å². The lowest BCUT2D eigenvalue weighted by Gasteiger charge is -2.32. The molecule has 1 saturated heterocycles. The number of nitrogens with one attached hydrogen (secondary N) is 2. The van der Waals surface area contributed by atoms with Crippen molar-refractivity contribution < 1.29 is 12.8 Å². The molecule has 0 aliphatic carbocycles. The highest BCUT2D eigenvalue weighted by Gasteiger charge is 2.27. The Kier molecular flexibility index (Phi) is 9.68. The Morgan fingerprint density at radius 3 is 2.46 bits per heavy atom. The first-order chi connectivity index (χ1) is 12.7. The highest BCUT2D eigenvalue weighted by Crippen LogP contribution is 2.22. The molecule has 1 fully saturated rings. The molecule has 8 nitrogen and oxygen atoms in total. The van der Waals surface area contributed by atoms with E-state index in [1.54, 1.807) is 17.4 Å². The monoisotopic (exact) mass is 527 g/mol. The predicted molar refractivity (Wildman–Crippen MR) is 123 cm³/mol. The fourth-order valence-electron chi connectivity index (χ4n) is 2.85. The molecule has 28 heavy (non-hydrogen) atoms. The maximum Gasteiger partial charge on any atom is 0.216 e. The average Bonchev–Trinajstić information content (AvgIpc) is 3.10. The van der Waals surface area contributed by atoms with Crippen LogP contribution in [0.15, 0.2) is 15.6 Å². The van der Waals surface area contributed by atoms with E-state index in [-0.39, 0.29) is 41.2 Å². The first-order valence-corrected chi connectivity index (χ1v) is 11.2. The molecular weight excluding hydrogens is 493 g/mol. The summed E-state index contributed by atoms with van der Waals surface area (Å²) in [5.41, 5.74) is -0.0789. The quantitative estimate of drug-likeness (QED) is 0.335. The van der Waals surface area contributed by atoms with Crippen LogP contribution in [0.1, 0.15) is 59.1 Å². The zero-order valence-corrected chi connectivity index (χ0v) is 20.6. The predicted octanol–water partition coefficient (Wildman–Crippen LogP) is 2.46. The van der Waals surface area contributed by atoms with Crippen molar-refractivity contribution in [1.82, 2.24) is 19.9 Å². The third kappa shape index (κ3) is 7.18. The van der Waals surface area contributed by atoms with Crippen molar-refractivity contribution in [3.8, 4) is 0 Å². The molecule has 0 spiro atoms. The minimum Gasteiger partial charge on any atom is -0.443 e. The number of aliphatic imine (C=N–C) groups is 1. The van der Waals surface area contributed by atoms with Gasteiger partial charge in [0.25, 0.3) is 0 Å². The summed E-state index contributed by atoms with van der Waals surface area (Å²) in [4.78, 5) is 8.87. The topological polar surface area (TPSA) is 99.8 Å². The van der Waals surface area contributed by atoms with Gasteiger partial charge in [-0.15, -0.1) is 24.0 Å². The van der Waals surface area contributed by atoms with E-state index >= 15 is 0 Å². The summed E-state index contributed by atoms with van der Waals surface area (Å²) < 4.78 is 31.3. The number of oxazole rings is 1. The van der Waals surface area contributed by atoms with E-state index in [0.29, 0.717) is 31.5 Å². The molecule has 2 N–H and O–H groups in total. The maximum absolute atomic E-state index is 12.0. The molecule has 0 amide bonds. The lowest BCUT2D eigenvalue weighted by molar-refractivity contribution is 0.306. The fraction of sp³-hybridized carbons (Fsp3) is 0.778. The van der Waals surface area contributed by atoms with E-state index in [2.05, 4.69) is 41.4 Å². The molecule has 0 bridgehead atoms. The van der Waals surface area contributed by atoms with Crippen LogP contribution in [0.4, 0.5) is 0 Å². The normalized spacial score (nSPS) is 17.2. The number of halogens is 1. The smallest absolute Gasteiger partial charge is 0.216 e. The van der Waals surface area contributed by atoms with Crippen LogP contribution in [0, 0.1) is 0 Å². The number of piperidine rings is 1. The summed E-state index contributed by atoms with van der Waals surface area (Å²) in [6, 6.07) is 0.195. The first kappa shape index (κ1) is 25.2. The second-order valence-electron chi connectivity index (χ2n) is 7.78. The van der Waals surface area contributed by atoms with Gasteiger partial charge in [-0.1, -0.05) is 20.8 Å². The van der Waals surface area contributed by atoms with Gasteiger partial charge in [-0.05, 0) is 26.7 Å². The molecule has 1 aliphatic heterocycles. The van der Waals surface area contributed by atoms with Gasteiger partial charge < -0.3 is 15.1 Å². The van der Waals surface area contributed by atoms with Crippen LogP contribution in [0.5, 0.6) is 0 Å². The van der Waals surface area contributed by atoms with Crippen LogP contribution in [0.25, 0.3) is 0 Å². The van der Waals surface area contributed by atoms with Gasteiger partial charge >= 0.3 is 0 Å². The van der Waals surface area contributed by atoms with E-state index in [1.165, 1.54) is 0 Å². The second kappa shape index (κ2) is 10.8. The fourth-order valence-corrected chi connectivity index (χ4v) is 3.98. The Hall–Kier alpha value is -0.880. The molecule has 10 heteroatoms. The molecule has 2 rings (SSSR count). The van der Waals surface area contributed by atoms with E-state index in [1.807, 2.05) is 6.92 Å². The highest BCUT2D eigenvalue weighted by atomic mass is 127. The van der Waals surface area contributed by atoms with Crippen molar-refractivity contribution in [1.29, 1.82) is 0 Å². The van der Waals surface area contributed by atoms with Crippen molar-refractivity contribution in [2.75, 3.05) is 25.4 Å². The molecule has 1 aromatic heterocycles. The van der Waals surface area contributed by atoms with Gasteiger partial charge in [-0.3, -0.25) is 0 Å². The van der Waals surface area contributed by atoms with E-state index < -0.39 is 10.0 Å². The number of sulfonamides is 1. The van der Waals surface area contributed by atoms with Crippen molar-refractivity contribution in [3.05, 3.63) is 17.8 Å². The van der Waals surface area contributed by atoms with Gasteiger partial charge in [0.2, 0.25) is 15.9 Å². The number of guanidine groups is 1. The van der Waals surface area contributed by atoms with E-state index in [0.717, 1.165) is 25.1 Å². The molecule has 0 radical (unpaired) electrons. The first-order valence-electron chi connectivity index (χ1n) is 9.63. The Bertz CT molecular complexity index is 735. The number of hydrogen-bond donors (Lipinski definition) is 2. The van der Waals surface area contributed by atoms with Crippen molar-refractivity contribution in [2.24, 2.45) is 4.99 Å². The standard InChI is InChI=1S/C18H33N5O3S.HI/c1-6-19-17(21-13-16-20-12-15(26-16)18(3,4)5)22-14-8-10-23(11-9-14)27(24,25)7-2;/h12,14H,6-11,13H2,1-5H3,(H2,19,21,22);1H. The molecule has 0 atom stereocenters. The number of aromatic nitrogens is 1. The SMILES string of the molecule is CCNC(=NCc1ncc(C(C)(C)C)o1)NC1CCN(S(=O)(=O)CC)CC1.I. The lowest BCUT2D eigenvalue weighted by atomic mass is 9.94. The summed E-state index contributed by atoms with van der Waals surface area (Å²) in [7, 11) is -3.10. The third-order valence-corrected chi connectivity index (χ3v) is 6.44. The molecule has 0 saturated carbocycles. The van der Waals surface area contributed by atoms with Gasteiger partial charge in [-0.25, -0.2) is 22.7 Å². The Morgan fingerprint density at radius 1 is 1.32 bits per heavy atom. The molecule has 0 unspecified atom stereocenters. The highest BCUT2D eigenvalue weighted by molar-refractivity contribution is 14.0. The summed E-state index contributed by atoms with van der Waals surface area (Å²) in [5, 5.41) is 6.63. The van der Waals surface area contributed by atoms with Crippen molar-refractivity contribution >= 4 is 40.0 Å². The van der Waals surface area contributed by atoms with Crippen LogP contribution in [-0.4, -0.2) is 55.1 Å². The summed E-state index contributed by atoms with van der Waals surface area (Å²) in [6.07, 6.45) is 3.28. The van der Waals surface area contributed by atoms with E-state index in [4.69, 9.17) is 4.42 Å². The van der Waals surface area contributed by atoms with Crippen molar-refractivity contribution in [2.45, 2.75) is 65.5 Å². The number of rotatable bonds is 6. The summed E-state index contributed by atoms with van der Waals surface area (Å²) in [6.45, 7) is 12.1. The molecule has 1 aromatic rings. The average molecular weight is 527 g/mol. The molecule has 2 heterocycles. The second-order valence-corrected chi connectivity index (χ2v) is 10.0. The van der Waals surface area contributed by atoms with Gasteiger partial charge in [0.15, 0.2) is 5.96 Å². The van der Waals surface area contributed by atoms with E-state index in [9.17, 15) is 8.42 Å². The summed E-state index contributed by atoms with van der Waals surface area (Å²) in [5.74, 6) is 2.28. The molecule has 0 aromatic carbocycles. The maximum atomic E-state index is 12.0. The Balaban J connectivity index is 0.00000392. The number of nitrogens with zero attached hydrogens (tertiary/aromatic N) is 3. The van der Waals surface area contributed by atoms with Crippen LogP contribution in [0.2, 0.25) is 0 Å². The summed E-state index contributed by atoms with van der Waals surface area (Å²) >= 11 is 0. The van der Waals surface area contributed by atoms with Crippen LogP contribution in [0.3, 0.4) is 0 Å². The van der Waals surface area contributed by atoms with Gasteiger partial charge in [0.05, 0.1) is 11.9 Å². The molecule has 1 aliphatic rings. The minimum absolute atomic E-state index is 0. The van der Waals surface area contributed by atoms with Crippen LogP contribution in [-0.2, 0) is 22.0 Å². The minimum atomic E-state index is -3.10.